The molecule has 18 heteroatoms. The molecule has 0 saturated carbocycles. The summed E-state index contributed by atoms with van der Waals surface area (Å²) in [7, 11) is -4.01. The van der Waals surface area contributed by atoms with E-state index in [1.165, 1.54) is 40.6 Å². The zero-order chi connectivity index (χ0) is 36.9. The van der Waals surface area contributed by atoms with Gasteiger partial charge in [-0.25, -0.2) is 29.0 Å². The molecule has 3 aliphatic heterocycles. The fourth-order valence-electron chi connectivity index (χ4n) is 6.41. The van der Waals surface area contributed by atoms with Gasteiger partial charge < -0.3 is 33.9 Å². The molecule has 274 valence electrons. The molecule has 2 amide bonds. The zero-order valence-corrected chi connectivity index (χ0v) is 29.3. The van der Waals surface area contributed by atoms with Crippen molar-refractivity contribution in [3.8, 4) is 0 Å². The Hall–Kier alpha value is -4.49. The maximum Gasteiger partial charge on any atom is 0.412 e. The number of amides is 2. The fraction of sp³-hybridized carbons (Fsp3) is 0.424. The summed E-state index contributed by atoms with van der Waals surface area (Å²) in [5.41, 5.74) is 0.474. The highest BCUT2D eigenvalue weighted by Crippen LogP contribution is 2.52. The number of aliphatic hydroxyl groups excluding tert-OH is 1. The van der Waals surface area contributed by atoms with Gasteiger partial charge in [0.25, 0.3) is 10.2 Å². The van der Waals surface area contributed by atoms with Crippen molar-refractivity contribution in [3.63, 3.8) is 0 Å². The van der Waals surface area contributed by atoms with Crippen molar-refractivity contribution in [1.82, 2.24) is 14.5 Å². The Labute approximate surface area is 298 Å². The van der Waals surface area contributed by atoms with Crippen molar-refractivity contribution in [1.29, 1.82) is 0 Å². The van der Waals surface area contributed by atoms with Gasteiger partial charge in [0.05, 0.1) is 29.2 Å². The third-order valence-electron chi connectivity index (χ3n) is 8.76. The number of aliphatic hydroxyl groups is 1. The maximum absolute atomic E-state index is 13.5. The van der Waals surface area contributed by atoms with E-state index in [0.29, 0.717) is 11.3 Å². The number of fused-ring (bicyclic) bond motifs is 1. The van der Waals surface area contributed by atoms with Crippen molar-refractivity contribution >= 4 is 51.9 Å². The van der Waals surface area contributed by atoms with Crippen LogP contribution in [0.15, 0.2) is 71.3 Å². The summed E-state index contributed by atoms with van der Waals surface area (Å²) in [4.78, 5) is 67.7. The molecule has 0 spiro atoms. The zero-order valence-electron chi connectivity index (χ0n) is 27.7. The summed E-state index contributed by atoms with van der Waals surface area (Å²) in [6.07, 6.45) is -1.33. The van der Waals surface area contributed by atoms with Gasteiger partial charge in [0, 0.05) is 35.2 Å². The number of hydrogen-bond acceptors (Lipinski definition) is 13. The number of carbonyl (C=O) groups excluding carboxylic acids is 5. The lowest BCUT2D eigenvalue weighted by molar-refractivity contribution is -0.166. The molecule has 3 aliphatic rings. The molecule has 4 N–H and O–H groups in total. The van der Waals surface area contributed by atoms with Crippen LogP contribution in [0.3, 0.4) is 0 Å². The number of hydrogen-bond donors (Lipinski definition) is 3. The number of esters is 3. The summed E-state index contributed by atoms with van der Waals surface area (Å²) in [6.45, 7) is 1.92. The number of β-lactam (4-membered cyclic amide) rings is 1. The number of thioether (sulfide) groups is 1. The highest BCUT2D eigenvalue weighted by atomic mass is 32.2. The number of likely N-dealkylation sites (tertiary alicyclic amines) is 1. The molecule has 2 saturated heterocycles. The normalized spacial score (nSPS) is 23.3. The van der Waals surface area contributed by atoms with Crippen molar-refractivity contribution in [2.45, 2.75) is 50.1 Å². The molecule has 5 rings (SSSR count). The van der Waals surface area contributed by atoms with Crippen molar-refractivity contribution in [2.75, 3.05) is 26.7 Å². The predicted octanol–water partition coefficient (Wildman–Crippen LogP) is 1.72. The van der Waals surface area contributed by atoms with Gasteiger partial charge in [0.15, 0.2) is 0 Å². The van der Waals surface area contributed by atoms with Gasteiger partial charge in [-0.05, 0) is 44.0 Å². The van der Waals surface area contributed by atoms with Crippen LogP contribution >= 0.6 is 11.8 Å². The first kappa shape index (κ1) is 37.8. The molecule has 3 heterocycles. The van der Waals surface area contributed by atoms with Crippen LogP contribution in [-0.4, -0.2) is 103 Å². The number of benzene rings is 2. The third kappa shape index (κ3) is 8.88. The molecule has 0 aromatic heterocycles. The average Bonchev–Trinajstić information content (AvgIpc) is 3.60. The second-order valence-electron chi connectivity index (χ2n) is 12.1. The van der Waals surface area contributed by atoms with E-state index in [2.05, 4.69) is 4.72 Å². The van der Waals surface area contributed by atoms with Gasteiger partial charge in [-0.2, -0.15) is 8.42 Å². The van der Waals surface area contributed by atoms with Crippen LogP contribution in [-0.2, 0) is 38.7 Å². The quantitative estimate of drug-likeness (QED) is 0.143. The van der Waals surface area contributed by atoms with Gasteiger partial charge in [0.1, 0.15) is 5.70 Å². The van der Waals surface area contributed by atoms with E-state index >= 15 is 0 Å². The summed E-state index contributed by atoms with van der Waals surface area (Å²) >= 11 is 1.25. The highest BCUT2D eigenvalue weighted by Gasteiger charge is 2.60. The topological polar surface area (TPSA) is 221 Å². The molecule has 0 bridgehead atoms. The van der Waals surface area contributed by atoms with Crippen LogP contribution in [0.25, 0.3) is 0 Å². The molecule has 6 atom stereocenters. The number of carbonyl (C=O) groups is 5. The summed E-state index contributed by atoms with van der Waals surface area (Å²) in [5, 5.41) is 15.1. The number of nitrogens with zero attached hydrogens (tertiary/aromatic N) is 2. The number of rotatable bonds is 14. The Morgan fingerprint density at radius 3 is 2.04 bits per heavy atom. The molecular formula is C33H38N4O12S2. The van der Waals surface area contributed by atoms with Crippen LogP contribution in [0.4, 0.5) is 4.79 Å². The Morgan fingerprint density at radius 2 is 1.49 bits per heavy atom. The largest absolute Gasteiger partial charge is 0.424 e. The molecule has 2 fully saturated rings. The van der Waals surface area contributed by atoms with E-state index in [0.717, 1.165) is 0 Å². The Balaban J connectivity index is 1.30. The molecule has 0 aliphatic carbocycles. The van der Waals surface area contributed by atoms with Crippen molar-refractivity contribution in [2.24, 2.45) is 17.0 Å². The monoisotopic (exact) mass is 746 g/mol. The third-order valence-corrected chi connectivity index (χ3v) is 10.9. The highest BCUT2D eigenvalue weighted by molar-refractivity contribution is 8.03. The molecule has 51 heavy (non-hydrogen) atoms. The number of nitrogens with one attached hydrogen (secondary N) is 1. The summed E-state index contributed by atoms with van der Waals surface area (Å²) in [6, 6.07) is 15.1. The SMILES string of the molecule is C[C@@H](O)[C@H]1C(=O)N2C(C(=O)OCOC(=O)c3ccccc3)=C(S[C@H]3C[C@@H](CCNS(N)(=O)=O)N(C(=O)OCOC(=O)c4ccccc4)C3)[C@H](C)[C@H]12. The number of nitrogens with two attached hydrogens (primary N) is 1. The van der Waals surface area contributed by atoms with Gasteiger partial charge in [-0.1, -0.05) is 43.3 Å². The summed E-state index contributed by atoms with van der Waals surface area (Å²) < 4.78 is 46.0. The Kier molecular flexibility index (Phi) is 12.0. The lowest BCUT2D eigenvalue weighted by Crippen LogP contribution is -2.63. The molecule has 0 unspecified atom stereocenters. The minimum absolute atomic E-state index is 0.0450. The van der Waals surface area contributed by atoms with Crippen molar-refractivity contribution < 1.29 is 56.4 Å². The Bertz CT molecular complexity index is 1770. The second kappa shape index (κ2) is 16.2. The molecule has 16 nitrogen and oxygen atoms in total. The van der Waals surface area contributed by atoms with E-state index in [9.17, 15) is 37.5 Å². The van der Waals surface area contributed by atoms with E-state index in [1.807, 2.05) is 6.92 Å². The fourth-order valence-corrected chi connectivity index (χ4v) is 8.37. The minimum Gasteiger partial charge on any atom is -0.424 e. The number of ether oxygens (including phenoxy) is 4. The standard InChI is InChI=1S/C33H38N4O12S2/c1-19-26-25(20(2)38)29(39)37(26)27(32(42)48-17-46-30(40)21-9-5-3-6-10-21)28(19)50-24-15-23(13-14-35-51(34,44)45)36(16-24)33(43)49-18-47-31(41)22-11-7-4-8-12-22/h3-12,19-20,23-26,35,38H,13-18H2,1-2H3,(H2,34,44,45)/t19-,20-,23-,24+,25-,26-/m1/s1. The first-order valence-electron chi connectivity index (χ1n) is 16.0. The van der Waals surface area contributed by atoms with Gasteiger partial charge in [-0.15, -0.1) is 11.8 Å². The summed E-state index contributed by atoms with van der Waals surface area (Å²) in [5.74, 6) is -3.95. The molecule has 0 radical (unpaired) electrons. The lowest BCUT2D eigenvalue weighted by Gasteiger charge is -2.46. The minimum atomic E-state index is -4.01. The van der Waals surface area contributed by atoms with Crippen LogP contribution in [0.1, 0.15) is 47.4 Å². The first-order valence-corrected chi connectivity index (χ1v) is 18.4. The van der Waals surface area contributed by atoms with Gasteiger partial charge >= 0.3 is 24.0 Å². The van der Waals surface area contributed by atoms with Crippen LogP contribution < -0.4 is 9.86 Å². The second-order valence-corrected chi connectivity index (χ2v) is 14.9. The van der Waals surface area contributed by atoms with Crippen LogP contribution in [0.5, 0.6) is 0 Å². The van der Waals surface area contributed by atoms with E-state index in [-0.39, 0.29) is 41.6 Å². The molecule has 2 aromatic rings. The average molecular weight is 747 g/mol. The van der Waals surface area contributed by atoms with Crippen molar-refractivity contribution in [3.05, 3.63) is 82.4 Å². The lowest BCUT2D eigenvalue weighted by atomic mass is 9.79. The van der Waals surface area contributed by atoms with E-state index in [4.69, 9.17) is 24.1 Å². The van der Waals surface area contributed by atoms with E-state index in [1.54, 1.807) is 48.5 Å². The van der Waals surface area contributed by atoms with Crippen LogP contribution in [0, 0.1) is 11.8 Å². The van der Waals surface area contributed by atoms with Gasteiger partial charge in [0.2, 0.25) is 19.5 Å². The predicted molar refractivity (Wildman–Crippen MR) is 180 cm³/mol. The van der Waals surface area contributed by atoms with Crippen LogP contribution in [0.2, 0.25) is 0 Å². The van der Waals surface area contributed by atoms with E-state index < -0.39 is 83.7 Å². The molecule has 2 aromatic carbocycles. The molecular weight excluding hydrogens is 709 g/mol. The smallest absolute Gasteiger partial charge is 0.412 e. The first-order chi connectivity index (χ1) is 24.3. The van der Waals surface area contributed by atoms with Gasteiger partial charge in [-0.3, -0.25) is 4.79 Å². The maximum atomic E-state index is 13.5. The Morgan fingerprint density at radius 1 is 0.941 bits per heavy atom.